The predicted octanol–water partition coefficient (Wildman–Crippen LogP) is 4.10. The third-order valence-electron chi connectivity index (χ3n) is 6.06. The molecule has 6 rings (SSSR count). The quantitative estimate of drug-likeness (QED) is 0.897. The van der Waals surface area contributed by atoms with Gasteiger partial charge in [-0.3, -0.25) is 0 Å². The smallest absolute Gasteiger partial charge is 0.0550 e. The average molecular weight is 352 g/mol. The minimum absolute atomic E-state index is 0.676. The zero-order valence-corrected chi connectivity index (χ0v) is 15.6. The SMILES string of the molecule is CN1c2ccccc2Sc2cc(CNC3CN4CCC3CC4)ccc21. The normalized spacial score (nSPS) is 27.1. The number of para-hydroxylation sites is 1. The third-order valence-corrected chi connectivity index (χ3v) is 7.17. The molecule has 4 heterocycles. The van der Waals surface area contributed by atoms with Crippen molar-refractivity contribution in [3.8, 4) is 0 Å². The van der Waals surface area contributed by atoms with E-state index >= 15 is 0 Å². The summed E-state index contributed by atoms with van der Waals surface area (Å²) >= 11 is 1.90. The van der Waals surface area contributed by atoms with E-state index < -0.39 is 0 Å². The van der Waals surface area contributed by atoms with E-state index in [4.69, 9.17) is 0 Å². The molecule has 0 aliphatic carbocycles. The van der Waals surface area contributed by atoms with Gasteiger partial charge in [0.05, 0.1) is 11.4 Å². The van der Waals surface area contributed by atoms with E-state index in [1.807, 2.05) is 11.8 Å². The molecule has 25 heavy (non-hydrogen) atoms. The average Bonchev–Trinajstić information content (AvgIpc) is 2.67. The molecule has 0 amide bonds. The van der Waals surface area contributed by atoms with Crippen LogP contribution in [0.25, 0.3) is 0 Å². The van der Waals surface area contributed by atoms with Crippen molar-refractivity contribution in [2.75, 3.05) is 31.6 Å². The van der Waals surface area contributed by atoms with E-state index in [9.17, 15) is 0 Å². The van der Waals surface area contributed by atoms with Crippen LogP contribution in [0.1, 0.15) is 18.4 Å². The minimum Gasteiger partial charge on any atom is -0.343 e. The van der Waals surface area contributed by atoms with Gasteiger partial charge in [-0.2, -0.15) is 0 Å². The topological polar surface area (TPSA) is 18.5 Å². The summed E-state index contributed by atoms with van der Waals surface area (Å²) in [6.07, 6.45) is 2.75. The van der Waals surface area contributed by atoms with Gasteiger partial charge in [0.2, 0.25) is 0 Å². The van der Waals surface area contributed by atoms with Crippen molar-refractivity contribution in [3.63, 3.8) is 0 Å². The fraction of sp³-hybridized carbons (Fsp3) is 0.429. The Balaban J connectivity index is 1.32. The molecule has 0 aromatic heterocycles. The lowest BCUT2D eigenvalue weighted by Gasteiger charge is -2.45. The fourth-order valence-electron chi connectivity index (χ4n) is 4.54. The molecular formula is C21H25N3S. The van der Waals surface area contributed by atoms with Crippen LogP contribution in [0, 0.1) is 5.92 Å². The number of nitrogens with one attached hydrogen (secondary N) is 1. The van der Waals surface area contributed by atoms with Crippen LogP contribution in [0.15, 0.2) is 52.3 Å². The molecule has 130 valence electrons. The molecule has 3 fully saturated rings. The number of piperidine rings is 3. The highest BCUT2D eigenvalue weighted by Gasteiger charge is 2.33. The second kappa shape index (κ2) is 6.35. The number of anilines is 2. The number of hydrogen-bond donors (Lipinski definition) is 1. The molecule has 4 heteroatoms. The summed E-state index contributed by atoms with van der Waals surface area (Å²) in [6, 6.07) is 16.3. The van der Waals surface area contributed by atoms with Crippen LogP contribution < -0.4 is 10.2 Å². The Kier molecular flexibility index (Phi) is 4.00. The van der Waals surface area contributed by atoms with E-state index in [-0.39, 0.29) is 0 Å². The van der Waals surface area contributed by atoms with Gasteiger partial charge in [-0.15, -0.1) is 0 Å². The van der Waals surface area contributed by atoms with Crippen molar-refractivity contribution in [2.24, 2.45) is 5.92 Å². The van der Waals surface area contributed by atoms with Crippen molar-refractivity contribution in [2.45, 2.75) is 35.2 Å². The van der Waals surface area contributed by atoms with E-state index in [1.54, 1.807) is 0 Å². The third kappa shape index (κ3) is 2.86. The maximum Gasteiger partial charge on any atom is 0.0550 e. The van der Waals surface area contributed by atoms with Gasteiger partial charge in [-0.1, -0.05) is 30.0 Å². The zero-order chi connectivity index (χ0) is 16.8. The van der Waals surface area contributed by atoms with E-state index in [2.05, 4.69) is 64.6 Å². The lowest BCUT2D eigenvalue weighted by Crippen LogP contribution is -2.55. The van der Waals surface area contributed by atoms with Crippen LogP contribution in [0.5, 0.6) is 0 Å². The van der Waals surface area contributed by atoms with Gasteiger partial charge in [0.1, 0.15) is 0 Å². The maximum atomic E-state index is 3.84. The second-order valence-electron chi connectivity index (χ2n) is 7.56. The van der Waals surface area contributed by atoms with E-state index in [0.717, 1.165) is 12.5 Å². The van der Waals surface area contributed by atoms with Gasteiger partial charge in [-0.25, -0.2) is 0 Å². The predicted molar refractivity (Wildman–Crippen MR) is 105 cm³/mol. The molecule has 1 N–H and O–H groups in total. The molecule has 0 saturated carbocycles. The monoisotopic (exact) mass is 351 g/mol. The summed E-state index contributed by atoms with van der Waals surface area (Å²) in [5.41, 5.74) is 4.02. The highest BCUT2D eigenvalue weighted by atomic mass is 32.2. The largest absolute Gasteiger partial charge is 0.343 e. The van der Waals surface area contributed by atoms with Gasteiger partial charge >= 0.3 is 0 Å². The first-order valence-electron chi connectivity index (χ1n) is 9.37. The lowest BCUT2D eigenvalue weighted by atomic mass is 9.84. The second-order valence-corrected chi connectivity index (χ2v) is 8.64. The molecule has 3 nitrogen and oxygen atoms in total. The molecule has 1 atom stereocenters. The summed E-state index contributed by atoms with van der Waals surface area (Å²) in [5.74, 6) is 0.884. The Morgan fingerprint density at radius 1 is 1.04 bits per heavy atom. The van der Waals surface area contributed by atoms with Gasteiger partial charge < -0.3 is 15.1 Å². The summed E-state index contributed by atoms with van der Waals surface area (Å²) < 4.78 is 0. The summed E-state index contributed by atoms with van der Waals surface area (Å²) in [6.45, 7) is 4.84. The highest BCUT2D eigenvalue weighted by molar-refractivity contribution is 7.99. The molecule has 2 bridgehead atoms. The number of rotatable bonds is 3. The van der Waals surface area contributed by atoms with Crippen molar-refractivity contribution < 1.29 is 0 Å². The Morgan fingerprint density at radius 2 is 1.84 bits per heavy atom. The molecule has 0 radical (unpaired) electrons. The van der Waals surface area contributed by atoms with Crippen LogP contribution >= 0.6 is 11.8 Å². The number of nitrogens with zero attached hydrogens (tertiary/aromatic N) is 2. The van der Waals surface area contributed by atoms with Crippen LogP contribution in [0.4, 0.5) is 11.4 Å². The van der Waals surface area contributed by atoms with Crippen LogP contribution in [-0.4, -0.2) is 37.6 Å². The van der Waals surface area contributed by atoms with Gasteiger partial charge in [0.15, 0.2) is 0 Å². The molecule has 0 spiro atoms. The highest BCUT2D eigenvalue weighted by Crippen LogP contribution is 2.47. The number of benzene rings is 2. The Morgan fingerprint density at radius 3 is 2.64 bits per heavy atom. The Bertz CT molecular complexity index is 782. The minimum atomic E-state index is 0.676. The summed E-state index contributed by atoms with van der Waals surface area (Å²) in [7, 11) is 2.17. The molecule has 3 saturated heterocycles. The number of fused-ring (bicyclic) bond motifs is 5. The van der Waals surface area contributed by atoms with Crippen LogP contribution in [-0.2, 0) is 6.54 Å². The molecule has 2 aromatic carbocycles. The fourth-order valence-corrected chi connectivity index (χ4v) is 5.75. The summed E-state index contributed by atoms with van der Waals surface area (Å²) in [5, 5.41) is 3.84. The first-order valence-corrected chi connectivity index (χ1v) is 10.2. The molecule has 2 aromatic rings. The van der Waals surface area contributed by atoms with Crippen LogP contribution in [0.3, 0.4) is 0 Å². The first-order chi connectivity index (χ1) is 12.3. The Labute approximate surface area is 154 Å². The van der Waals surface area contributed by atoms with Crippen LogP contribution in [0.2, 0.25) is 0 Å². The Hall–Kier alpha value is -1.49. The van der Waals surface area contributed by atoms with E-state index in [0.29, 0.717) is 6.04 Å². The zero-order valence-electron chi connectivity index (χ0n) is 14.7. The number of hydrogen-bond acceptors (Lipinski definition) is 4. The summed E-state index contributed by atoms with van der Waals surface area (Å²) in [4.78, 5) is 7.65. The van der Waals surface area contributed by atoms with E-state index in [1.165, 1.54) is 59.2 Å². The molecular weight excluding hydrogens is 326 g/mol. The first kappa shape index (κ1) is 15.7. The molecule has 1 unspecified atom stereocenters. The van der Waals surface area contributed by atoms with Gasteiger partial charge in [0.25, 0.3) is 0 Å². The standard InChI is InChI=1S/C21H25N3S/c1-23-18-4-2-3-5-20(18)25-21-12-15(6-7-19(21)23)13-22-17-14-24-10-8-16(17)9-11-24/h2-7,12,16-17,22H,8-11,13-14H2,1H3. The van der Waals surface area contributed by atoms with Crippen molar-refractivity contribution >= 4 is 23.1 Å². The van der Waals surface area contributed by atoms with Crippen molar-refractivity contribution in [3.05, 3.63) is 48.0 Å². The van der Waals surface area contributed by atoms with Gasteiger partial charge in [0, 0.05) is 36.0 Å². The molecule has 4 aliphatic heterocycles. The van der Waals surface area contributed by atoms with Crippen molar-refractivity contribution in [1.29, 1.82) is 0 Å². The maximum absolute atomic E-state index is 3.84. The van der Waals surface area contributed by atoms with Crippen molar-refractivity contribution in [1.82, 2.24) is 10.2 Å². The lowest BCUT2D eigenvalue weighted by molar-refractivity contribution is 0.0720. The van der Waals surface area contributed by atoms with Gasteiger partial charge in [-0.05, 0) is 61.7 Å². The molecule has 4 aliphatic rings.